The summed E-state index contributed by atoms with van der Waals surface area (Å²) in [5.41, 5.74) is 0.345. The normalized spacial score (nSPS) is 20.3. The molecule has 0 radical (unpaired) electrons. The number of halogens is 2. The lowest BCUT2D eigenvalue weighted by atomic mass is 9.78. The Kier molecular flexibility index (Phi) is 5.82. The summed E-state index contributed by atoms with van der Waals surface area (Å²) in [6.07, 6.45) is 4.63. The maximum absolute atomic E-state index is 13.4. The number of hydrogen-bond donors (Lipinski definition) is 2. The van der Waals surface area contributed by atoms with E-state index in [1.54, 1.807) is 0 Å². The van der Waals surface area contributed by atoms with E-state index < -0.39 is 5.82 Å². The van der Waals surface area contributed by atoms with Crippen molar-refractivity contribution in [2.75, 3.05) is 25.0 Å². The molecule has 1 aliphatic heterocycles. The molecule has 2 amide bonds. The quantitative estimate of drug-likeness (QED) is 0.823. The van der Waals surface area contributed by atoms with Crippen LogP contribution in [0.1, 0.15) is 39.0 Å². The lowest BCUT2D eigenvalue weighted by Gasteiger charge is -2.40. The second kappa shape index (κ2) is 7.92. The third-order valence-electron chi connectivity index (χ3n) is 5.35. The van der Waals surface area contributed by atoms with E-state index in [1.807, 2.05) is 0 Å². The number of carbonyl (C=O) groups is 2. The number of carbonyl (C=O) groups excluding carboxylic acids is 2. The molecule has 0 aromatic heterocycles. The zero-order valence-electron chi connectivity index (χ0n) is 15.0. The first-order chi connectivity index (χ1) is 12.3. The Morgan fingerprint density at radius 3 is 2.54 bits per heavy atom. The van der Waals surface area contributed by atoms with Gasteiger partial charge in [-0.05, 0) is 70.3 Å². The molecule has 2 N–H and O–H groups in total. The van der Waals surface area contributed by atoms with Gasteiger partial charge in [0.15, 0.2) is 0 Å². The monoisotopic (exact) mass is 381 g/mol. The molecule has 1 saturated carbocycles. The van der Waals surface area contributed by atoms with Crippen LogP contribution in [0.4, 0.5) is 10.1 Å². The zero-order valence-corrected chi connectivity index (χ0v) is 15.7. The summed E-state index contributed by atoms with van der Waals surface area (Å²) < 4.78 is 13.4. The van der Waals surface area contributed by atoms with Gasteiger partial charge in [0, 0.05) is 22.2 Å². The smallest absolute Gasteiger partial charge is 0.234 e. The second-order valence-electron chi connectivity index (χ2n) is 7.66. The van der Waals surface area contributed by atoms with Gasteiger partial charge in [-0.2, -0.15) is 0 Å². The maximum atomic E-state index is 13.4. The molecular weight excluding hydrogens is 357 g/mol. The van der Waals surface area contributed by atoms with Crippen LogP contribution in [-0.2, 0) is 9.59 Å². The van der Waals surface area contributed by atoms with E-state index in [-0.39, 0.29) is 28.3 Å². The van der Waals surface area contributed by atoms with Crippen molar-refractivity contribution in [1.29, 1.82) is 0 Å². The minimum atomic E-state index is -0.478. The van der Waals surface area contributed by atoms with E-state index in [0.29, 0.717) is 38.2 Å². The van der Waals surface area contributed by atoms with Gasteiger partial charge in [-0.1, -0.05) is 11.6 Å². The second-order valence-corrected chi connectivity index (χ2v) is 8.10. The van der Waals surface area contributed by atoms with Gasteiger partial charge in [0.2, 0.25) is 11.8 Å². The SMILES string of the molecule is CC1(NC(=O)CN2CCC(C(=O)Nc3cc(F)cc(Cl)c3)CC2)CCC1. The minimum Gasteiger partial charge on any atom is -0.350 e. The Bertz CT molecular complexity index is 665. The number of likely N-dealkylation sites (tertiary alicyclic amines) is 1. The molecule has 0 spiro atoms. The number of benzene rings is 1. The number of anilines is 1. The molecule has 0 atom stereocenters. The van der Waals surface area contributed by atoms with Gasteiger partial charge in [-0.3, -0.25) is 14.5 Å². The molecule has 5 nitrogen and oxygen atoms in total. The highest BCUT2D eigenvalue weighted by Gasteiger charge is 2.34. The van der Waals surface area contributed by atoms with E-state index in [4.69, 9.17) is 11.6 Å². The van der Waals surface area contributed by atoms with E-state index in [9.17, 15) is 14.0 Å². The summed E-state index contributed by atoms with van der Waals surface area (Å²) >= 11 is 5.81. The molecule has 3 rings (SSSR count). The molecule has 1 heterocycles. The van der Waals surface area contributed by atoms with Crippen LogP contribution in [0.25, 0.3) is 0 Å². The standard InChI is InChI=1S/C19H25ClFN3O2/c1-19(5-2-6-19)23-17(25)12-24-7-3-13(4-8-24)18(26)22-16-10-14(20)9-15(21)11-16/h9-11,13H,2-8,12H2,1H3,(H,22,26)(H,23,25). The topological polar surface area (TPSA) is 61.4 Å². The first kappa shape index (κ1) is 19.1. The van der Waals surface area contributed by atoms with Crippen molar-refractivity contribution in [2.45, 2.75) is 44.6 Å². The highest BCUT2D eigenvalue weighted by molar-refractivity contribution is 6.30. The van der Waals surface area contributed by atoms with Gasteiger partial charge < -0.3 is 10.6 Å². The van der Waals surface area contributed by atoms with Gasteiger partial charge in [0.05, 0.1) is 6.54 Å². The average Bonchev–Trinajstić information content (AvgIpc) is 2.53. The maximum Gasteiger partial charge on any atom is 0.234 e. The van der Waals surface area contributed by atoms with Crippen molar-refractivity contribution < 1.29 is 14.0 Å². The van der Waals surface area contributed by atoms with Crippen molar-refractivity contribution in [2.24, 2.45) is 5.92 Å². The van der Waals surface area contributed by atoms with Crippen LogP contribution in [0.3, 0.4) is 0 Å². The van der Waals surface area contributed by atoms with Crippen molar-refractivity contribution in [1.82, 2.24) is 10.2 Å². The van der Waals surface area contributed by atoms with Crippen molar-refractivity contribution >= 4 is 29.1 Å². The zero-order chi connectivity index (χ0) is 18.7. The van der Waals surface area contributed by atoms with Crippen LogP contribution in [0, 0.1) is 11.7 Å². The predicted molar refractivity (Wildman–Crippen MR) is 99.6 cm³/mol. The summed E-state index contributed by atoms with van der Waals surface area (Å²) in [6.45, 7) is 3.87. The molecule has 0 bridgehead atoms. The lowest BCUT2D eigenvalue weighted by molar-refractivity contribution is -0.125. The number of piperidine rings is 1. The number of amides is 2. The van der Waals surface area contributed by atoms with Crippen molar-refractivity contribution in [3.05, 3.63) is 29.0 Å². The largest absolute Gasteiger partial charge is 0.350 e. The van der Waals surface area contributed by atoms with Gasteiger partial charge in [0.25, 0.3) is 0 Å². The predicted octanol–water partition coefficient (Wildman–Crippen LogP) is 3.19. The van der Waals surface area contributed by atoms with Crippen LogP contribution < -0.4 is 10.6 Å². The molecule has 26 heavy (non-hydrogen) atoms. The van der Waals surface area contributed by atoms with Crippen LogP contribution in [0.5, 0.6) is 0 Å². The third kappa shape index (κ3) is 4.95. The molecule has 0 unspecified atom stereocenters. The van der Waals surface area contributed by atoms with E-state index in [1.165, 1.54) is 24.6 Å². The Hall–Kier alpha value is -1.66. The van der Waals surface area contributed by atoms with E-state index >= 15 is 0 Å². The Labute approximate surface area is 158 Å². The van der Waals surface area contributed by atoms with E-state index in [2.05, 4.69) is 22.5 Å². The van der Waals surface area contributed by atoms with Gasteiger partial charge in [-0.25, -0.2) is 4.39 Å². The van der Waals surface area contributed by atoms with Crippen LogP contribution >= 0.6 is 11.6 Å². The summed E-state index contributed by atoms with van der Waals surface area (Å²) in [5.74, 6) is -0.684. The molecule has 2 aliphatic rings. The Balaban J connectivity index is 1.44. The summed E-state index contributed by atoms with van der Waals surface area (Å²) in [5, 5.41) is 6.09. The number of nitrogens with one attached hydrogen (secondary N) is 2. The fourth-order valence-electron chi connectivity index (χ4n) is 3.63. The number of nitrogens with zero attached hydrogens (tertiary/aromatic N) is 1. The third-order valence-corrected chi connectivity index (χ3v) is 5.57. The molecule has 7 heteroatoms. The van der Waals surface area contributed by atoms with Gasteiger partial charge in [-0.15, -0.1) is 0 Å². The lowest BCUT2D eigenvalue weighted by Crippen LogP contribution is -2.54. The summed E-state index contributed by atoms with van der Waals surface area (Å²) in [4.78, 5) is 26.6. The fourth-order valence-corrected chi connectivity index (χ4v) is 3.86. The molecule has 2 fully saturated rings. The van der Waals surface area contributed by atoms with Crippen LogP contribution in [0.2, 0.25) is 5.02 Å². The molecule has 142 valence electrons. The molecule has 1 aromatic rings. The first-order valence-corrected chi connectivity index (χ1v) is 9.51. The van der Waals surface area contributed by atoms with Crippen molar-refractivity contribution in [3.63, 3.8) is 0 Å². The van der Waals surface area contributed by atoms with Crippen molar-refractivity contribution in [3.8, 4) is 0 Å². The first-order valence-electron chi connectivity index (χ1n) is 9.13. The Morgan fingerprint density at radius 1 is 1.27 bits per heavy atom. The molecule has 1 saturated heterocycles. The van der Waals surface area contributed by atoms with E-state index in [0.717, 1.165) is 12.8 Å². The number of rotatable bonds is 5. The van der Waals surface area contributed by atoms with Crippen LogP contribution in [0.15, 0.2) is 18.2 Å². The molecular formula is C19H25ClFN3O2. The van der Waals surface area contributed by atoms with Gasteiger partial charge in [0.1, 0.15) is 5.82 Å². The average molecular weight is 382 g/mol. The highest BCUT2D eigenvalue weighted by Crippen LogP contribution is 2.30. The fraction of sp³-hybridized carbons (Fsp3) is 0.579. The summed E-state index contributed by atoms with van der Waals surface area (Å²) in [6, 6.07) is 3.98. The van der Waals surface area contributed by atoms with Crippen LogP contribution in [-0.4, -0.2) is 41.9 Å². The molecule has 1 aliphatic carbocycles. The molecule has 1 aromatic carbocycles. The number of hydrogen-bond acceptors (Lipinski definition) is 3. The highest BCUT2D eigenvalue weighted by atomic mass is 35.5. The minimum absolute atomic E-state index is 0.0263. The summed E-state index contributed by atoms with van der Waals surface area (Å²) in [7, 11) is 0. The Morgan fingerprint density at radius 2 is 1.96 bits per heavy atom. The van der Waals surface area contributed by atoms with Gasteiger partial charge >= 0.3 is 0 Å².